The van der Waals surface area contributed by atoms with Crippen molar-refractivity contribution in [1.82, 2.24) is 25.1 Å². The zero-order chi connectivity index (χ0) is 18.4. The van der Waals surface area contributed by atoms with E-state index in [1.54, 1.807) is 4.68 Å². The van der Waals surface area contributed by atoms with Gasteiger partial charge in [-0.3, -0.25) is 0 Å². The molecule has 0 bridgehead atoms. The Morgan fingerprint density at radius 3 is 2.81 bits per heavy atom. The molecule has 134 valence electrons. The molecule has 0 amide bonds. The molecule has 0 saturated heterocycles. The van der Waals surface area contributed by atoms with Gasteiger partial charge in [0.05, 0.1) is 11.4 Å². The summed E-state index contributed by atoms with van der Waals surface area (Å²) in [5, 5.41) is 12.5. The average molecular weight is 426 g/mol. The van der Waals surface area contributed by atoms with Gasteiger partial charge in [0.2, 0.25) is 12.6 Å². The van der Waals surface area contributed by atoms with Gasteiger partial charge in [0, 0.05) is 10.0 Å². The number of hydrogen-bond donors (Lipinski definition) is 0. The van der Waals surface area contributed by atoms with Crippen molar-refractivity contribution in [3.05, 3.63) is 52.6 Å². The van der Waals surface area contributed by atoms with Crippen LogP contribution in [0, 0.1) is 6.92 Å². The molecular weight excluding hydrogens is 414 g/mol. The second kappa shape index (κ2) is 6.20. The Morgan fingerprint density at radius 1 is 1.07 bits per heavy atom. The molecule has 0 fully saturated rings. The highest BCUT2D eigenvalue weighted by molar-refractivity contribution is 9.10. The first-order valence-electron chi connectivity index (χ1n) is 8.12. The quantitative estimate of drug-likeness (QED) is 0.493. The van der Waals surface area contributed by atoms with Gasteiger partial charge >= 0.3 is 0 Å². The maximum Gasteiger partial charge on any atom is 0.280 e. The van der Waals surface area contributed by atoms with E-state index in [-0.39, 0.29) is 6.79 Å². The Balaban J connectivity index is 1.51. The van der Waals surface area contributed by atoms with Crippen LogP contribution in [0.4, 0.5) is 0 Å². The summed E-state index contributed by atoms with van der Waals surface area (Å²) < 4.78 is 18.8. The molecule has 0 N–H and O–H groups in total. The summed E-state index contributed by atoms with van der Waals surface area (Å²) in [6.45, 7) is 2.12. The van der Waals surface area contributed by atoms with Crippen LogP contribution >= 0.6 is 15.9 Å². The third-order valence-corrected chi connectivity index (χ3v) is 4.91. The highest BCUT2D eigenvalue weighted by Crippen LogP contribution is 2.35. The van der Waals surface area contributed by atoms with Crippen LogP contribution in [0.25, 0.3) is 28.7 Å². The molecule has 2 aromatic carbocycles. The van der Waals surface area contributed by atoms with Crippen LogP contribution in [0.15, 0.2) is 51.5 Å². The first kappa shape index (κ1) is 16.0. The van der Waals surface area contributed by atoms with E-state index in [4.69, 9.17) is 14.0 Å². The van der Waals surface area contributed by atoms with E-state index in [9.17, 15) is 0 Å². The van der Waals surface area contributed by atoms with Gasteiger partial charge in [-0.15, -0.1) is 5.10 Å². The third kappa shape index (κ3) is 2.67. The number of para-hydroxylation sites is 1. The molecule has 0 saturated carbocycles. The number of aromatic nitrogens is 5. The van der Waals surface area contributed by atoms with Crippen molar-refractivity contribution in [1.29, 1.82) is 0 Å². The number of rotatable bonds is 3. The SMILES string of the molecule is Cc1c(-c2nc(-c3ccc4c(c3)OCO4)no2)nnn1-c1ccccc1Br. The number of nitrogens with zero attached hydrogens (tertiary/aromatic N) is 5. The zero-order valence-electron chi connectivity index (χ0n) is 14.1. The van der Waals surface area contributed by atoms with Gasteiger partial charge in [-0.1, -0.05) is 22.5 Å². The summed E-state index contributed by atoms with van der Waals surface area (Å²) in [6.07, 6.45) is 0. The summed E-state index contributed by atoms with van der Waals surface area (Å²) in [5.74, 6) is 2.11. The lowest BCUT2D eigenvalue weighted by atomic mass is 10.2. The highest BCUT2D eigenvalue weighted by atomic mass is 79.9. The predicted octanol–water partition coefficient (Wildman–Crippen LogP) is 3.78. The van der Waals surface area contributed by atoms with E-state index in [0.29, 0.717) is 28.9 Å². The van der Waals surface area contributed by atoms with Gasteiger partial charge in [0.15, 0.2) is 17.2 Å². The monoisotopic (exact) mass is 425 g/mol. The molecule has 0 aliphatic carbocycles. The Labute approximate surface area is 161 Å². The van der Waals surface area contributed by atoms with Crippen molar-refractivity contribution in [2.24, 2.45) is 0 Å². The fourth-order valence-electron chi connectivity index (χ4n) is 2.85. The van der Waals surface area contributed by atoms with Crippen molar-refractivity contribution >= 4 is 15.9 Å². The van der Waals surface area contributed by atoms with Gasteiger partial charge < -0.3 is 14.0 Å². The molecule has 1 aliphatic rings. The fourth-order valence-corrected chi connectivity index (χ4v) is 3.30. The molecule has 5 rings (SSSR count). The Bertz CT molecular complexity index is 1150. The van der Waals surface area contributed by atoms with E-state index >= 15 is 0 Å². The summed E-state index contributed by atoms with van der Waals surface area (Å²) in [5.41, 5.74) is 2.97. The van der Waals surface area contributed by atoms with Gasteiger partial charge in [0.25, 0.3) is 5.89 Å². The van der Waals surface area contributed by atoms with Crippen LogP contribution in [0.3, 0.4) is 0 Å². The zero-order valence-corrected chi connectivity index (χ0v) is 15.7. The molecule has 3 heterocycles. The number of fused-ring (bicyclic) bond motifs is 1. The van der Waals surface area contributed by atoms with E-state index < -0.39 is 0 Å². The second-order valence-electron chi connectivity index (χ2n) is 5.88. The lowest BCUT2D eigenvalue weighted by molar-refractivity contribution is 0.174. The number of hydrogen-bond acceptors (Lipinski definition) is 7. The van der Waals surface area contributed by atoms with Crippen LogP contribution < -0.4 is 9.47 Å². The lowest BCUT2D eigenvalue weighted by Crippen LogP contribution is -1.99. The minimum atomic E-state index is 0.216. The van der Waals surface area contributed by atoms with Crippen molar-refractivity contribution in [2.75, 3.05) is 6.79 Å². The minimum absolute atomic E-state index is 0.216. The van der Waals surface area contributed by atoms with Crippen LogP contribution in [0.2, 0.25) is 0 Å². The van der Waals surface area contributed by atoms with Gasteiger partial charge in [0.1, 0.15) is 0 Å². The third-order valence-electron chi connectivity index (χ3n) is 4.23. The molecule has 4 aromatic rings. The normalized spacial score (nSPS) is 12.5. The molecule has 0 spiro atoms. The topological polar surface area (TPSA) is 88.1 Å². The van der Waals surface area contributed by atoms with Crippen molar-refractivity contribution in [2.45, 2.75) is 6.92 Å². The van der Waals surface area contributed by atoms with E-state index in [1.807, 2.05) is 49.4 Å². The largest absolute Gasteiger partial charge is 0.454 e. The van der Waals surface area contributed by atoms with E-state index in [0.717, 1.165) is 21.4 Å². The molecule has 8 nitrogen and oxygen atoms in total. The molecule has 0 atom stereocenters. The maximum atomic E-state index is 5.42. The van der Waals surface area contributed by atoms with Gasteiger partial charge in [-0.05, 0) is 53.2 Å². The molecule has 27 heavy (non-hydrogen) atoms. The standard InChI is InChI=1S/C18H12BrN5O3/c1-10-16(21-23-24(10)13-5-3-2-4-12(13)19)18-20-17(22-27-18)11-6-7-14-15(8-11)26-9-25-14/h2-8H,9H2,1H3. The number of benzene rings is 2. The molecule has 0 unspecified atom stereocenters. The Morgan fingerprint density at radius 2 is 1.93 bits per heavy atom. The average Bonchev–Trinajstić information content (AvgIpc) is 3.40. The summed E-state index contributed by atoms with van der Waals surface area (Å²) >= 11 is 3.53. The molecule has 0 radical (unpaired) electrons. The lowest BCUT2D eigenvalue weighted by Gasteiger charge is -2.04. The van der Waals surface area contributed by atoms with Crippen LogP contribution in [-0.4, -0.2) is 31.9 Å². The molecule has 9 heteroatoms. The van der Waals surface area contributed by atoms with Crippen LogP contribution in [0.5, 0.6) is 11.5 Å². The van der Waals surface area contributed by atoms with Crippen LogP contribution in [0.1, 0.15) is 5.69 Å². The number of halogens is 1. The van der Waals surface area contributed by atoms with E-state index in [2.05, 4.69) is 36.4 Å². The highest BCUT2D eigenvalue weighted by Gasteiger charge is 2.21. The Kier molecular flexibility index (Phi) is 3.68. The maximum absolute atomic E-state index is 5.42. The molecule has 2 aromatic heterocycles. The van der Waals surface area contributed by atoms with Crippen LogP contribution in [-0.2, 0) is 0 Å². The predicted molar refractivity (Wildman–Crippen MR) is 98.6 cm³/mol. The fraction of sp³-hybridized carbons (Fsp3) is 0.111. The smallest absolute Gasteiger partial charge is 0.280 e. The first-order valence-corrected chi connectivity index (χ1v) is 8.91. The van der Waals surface area contributed by atoms with Gasteiger partial charge in [-0.25, -0.2) is 4.68 Å². The second-order valence-corrected chi connectivity index (χ2v) is 6.73. The Hall–Kier alpha value is -3.20. The van der Waals surface area contributed by atoms with Crippen molar-refractivity contribution in [3.8, 4) is 40.2 Å². The van der Waals surface area contributed by atoms with Crippen molar-refractivity contribution < 1.29 is 14.0 Å². The first-order chi connectivity index (χ1) is 13.2. The van der Waals surface area contributed by atoms with E-state index in [1.165, 1.54) is 0 Å². The number of ether oxygens (including phenoxy) is 2. The summed E-state index contributed by atoms with van der Waals surface area (Å²) in [7, 11) is 0. The van der Waals surface area contributed by atoms with Crippen molar-refractivity contribution in [3.63, 3.8) is 0 Å². The minimum Gasteiger partial charge on any atom is -0.454 e. The molecular formula is C18H12BrN5O3. The summed E-state index contributed by atoms with van der Waals surface area (Å²) in [4.78, 5) is 4.46. The van der Waals surface area contributed by atoms with Gasteiger partial charge in [-0.2, -0.15) is 4.98 Å². The molecule has 1 aliphatic heterocycles. The summed E-state index contributed by atoms with van der Waals surface area (Å²) in [6, 6.07) is 13.3.